The van der Waals surface area contributed by atoms with Crippen LogP contribution in [0.5, 0.6) is 11.5 Å². The zero-order valence-electron chi connectivity index (χ0n) is 15.8. The van der Waals surface area contributed by atoms with Gasteiger partial charge in [-0.3, -0.25) is 4.79 Å². The zero-order valence-corrected chi connectivity index (χ0v) is 18.1. The normalized spacial score (nSPS) is 10.8. The smallest absolute Gasteiger partial charge is 0.262 e. The maximum Gasteiger partial charge on any atom is 0.262 e. The number of rotatable bonds is 6. The molecule has 4 rings (SSSR count). The maximum absolute atomic E-state index is 12.5. The van der Waals surface area contributed by atoms with Gasteiger partial charge in [0.05, 0.1) is 28.0 Å². The lowest BCUT2D eigenvalue weighted by atomic mass is 10.2. The molecule has 152 valence electrons. The Balaban J connectivity index is 1.56. The van der Waals surface area contributed by atoms with Crippen LogP contribution in [-0.2, 0) is 4.79 Å². The first kappa shape index (κ1) is 20.5. The molecule has 0 bridgehead atoms. The van der Waals surface area contributed by atoms with E-state index in [1.54, 1.807) is 43.5 Å². The van der Waals surface area contributed by atoms with Crippen molar-refractivity contribution in [2.75, 3.05) is 19.0 Å². The average molecular weight is 459 g/mol. The molecular formula is C22H16Cl2N2O3S. The number of halogens is 2. The first-order chi connectivity index (χ1) is 14.5. The molecule has 0 aliphatic heterocycles. The van der Waals surface area contributed by atoms with Gasteiger partial charge in [-0.05, 0) is 48.5 Å². The van der Waals surface area contributed by atoms with Crippen molar-refractivity contribution in [1.82, 2.24) is 4.98 Å². The van der Waals surface area contributed by atoms with Gasteiger partial charge in [0.15, 0.2) is 6.61 Å². The minimum atomic E-state index is -0.350. The molecule has 30 heavy (non-hydrogen) atoms. The maximum atomic E-state index is 12.5. The van der Waals surface area contributed by atoms with E-state index in [1.165, 1.54) is 11.3 Å². The number of carbonyl (C=O) groups excluding carboxylic acids is 1. The molecule has 5 nitrogen and oxygen atoms in total. The van der Waals surface area contributed by atoms with E-state index >= 15 is 0 Å². The monoisotopic (exact) mass is 458 g/mol. The van der Waals surface area contributed by atoms with E-state index in [0.29, 0.717) is 37.8 Å². The summed E-state index contributed by atoms with van der Waals surface area (Å²) in [5.41, 5.74) is 1.98. The number of hydrogen-bond donors (Lipinski definition) is 1. The number of fused-ring (bicyclic) bond motifs is 1. The molecule has 8 heteroatoms. The Morgan fingerprint density at radius 2 is 1.80 bits per heavy atom. The Kier molecular flexibility index (Phi) is 6.08. The number of amides is 1. The predicted molar refractivity (Wildman–Crippen MR) is 122 cm³/mol. The lowest BCUT2D eigenvalue weighted by molar-refractivity contribution is -0.118. The standard InChI is InChI=1S/C22H16Cl2N2O3S/c1-28-14-6-8-15(9-7-14)29-12-20(27)26-21-16(10-13(23)11-17(21)24)22-25-18-4-2-3-5-19(18)30-22/h2-11H,12H2,1H3,(H,26,27). The Labute approximate surface area is 187 Å². The number of methoxy groups -OCH3 is 1. The van der Waals surface area contributed by atoms with Crippen LogP contribution in [0, 0.1) is 0 Å². The van der Waals surface area contributed by atoms with Crippen molar-refractivity contribution in [2.45, 2.75) is 0 Å². The number of ether oxygens (including phenoxy) is 2. The van der Waals surface area contributed by atoms with Crippen molar-refractivity contribution < 1.29 is 14.3 Å². The number of nitrogens with zero attached hydrogens (tertiary/aromatic N) is 1. The molecule has 1 heterocycles. The van der Waals surface area contributed by atoms with Crippen LogP contribution in [0.2, 0.25) is 10.0 Å². The summed E-state index contributed by atoms with van der Waals surface area (Å²) in [5, 5.41) is 4.33. The fourth-order valence-electron chi connectivity index (χ4n) is 2.85. The molecule has 0 aliphatic carbocycles. The summed E-state index contributed by atoms with van der Waals surface area (Å²) in [6.45, 7) is -0.176. The first-order valence-corrected chi connectivity index (χ1v) is 10.5. The van der Waals surface area contributed by atoms with Crippen LogP contribution in [0.25, 0.3) is 20.8 Å². The number of hydrogen-bond acceptors (Lipinski definition) is 5. The second-order valence-electron chi connectivity index (χ2n) is 6.31. The summed E-state index contributed by atoms with van der Waals surface area (Å²) in [7, 11) is 1.59. The SMILES string of the molecule is COc1ccc(OCC(=O)Nc2c(Cl)cc(Cl)cc2-c2nc3ccccc3s2)cc1. The minimum Gasteiger partial charge on any atom is -0.497 e. The third-order valence-electron chi connectivity index (χ3n) is 4.27. The average Bonchev–Trinajstić information content (AvgIpc) is 3.18. The van der Waals surface area contributed by atoms with Gasteiger partial charge in [0.2, 0.25) is 0 Å². The summed E-state index contributed by atoms with van der Waals surface area (Å²) in [4.78, 5) is 17.2. The lowest BCUT2D eigenvalue weighted by Gasteiger charge is -2.13. The van der Waals surface area contributed by atoms with Crippen LogP contribution in [0.3, 0.4) is 0 Å². The quantitative estimate of drug-likeness (QED) is 0.368. The Bertz CT molecular complexity index is 1180. The van der Waals surface area contributed by atoms with Crippen LogP contribution < -0.4 is 14.8 Å². The minimum absolute atomic E-state index is 0.176. The van der Waals surface area contributed by atoms with Crippen molar-refractivity contribution in [3.8, 4) is 22.1 Å². The molecule has 1 amide bonds. The van der Waals surface area contributed by atoms with Gasteiger partial charge in [-0.25, -0.2) is 4.98 Å². The second-order valence-corrected chi connectivity index (χ2v) is 8.18. The largest absolute Gasteiger partial charge is 0.497 e. The van der Waals surface area contributed by atoms with Crippen molar-refractivity contribution in [1.29, 1.82) is 0 Å². The van der Waals surface area contributed by atoms with Crippen molar-refractivity contribution in [3.05, 3.63) is 70.7 Å². The molecule has 0 fully saturated rings. The fourth-order valence-corrected chi connectivity index (χ4v) is 4.38. The number of benzene rings is 3. The summed E-state index contributed by atoms with van der Waals surface area (Å²) in [6, 6.07) is 18.1. The van der Waals surface area contributed by atoms with E-state index in [1.807, 2.05) is 24.3 Å². The zero-order chi connectivity index (χ0) is 21.1. The fraction of sp³-hybridized carbons (Fsp3) is 0.0909. The third kappa shape index (κ3) is 4.51. The molecule has 4 aromatic rings. The number of para-hydroxylation sites is 1. The molecule has 0 radical (unpaired) electrons. The summed E-state index contributed by atoms with van der Waals surface area (Å²) < 4.78 is 11.7. The molecule has 0 spiro atoms. The first-order valence-electron chi connectivity index (χ1n) is 8.95. The Hall–Kier alpha value is -2.80. The van der Waals surface area contributed by atoms with E-state index in [0.717, 1.165) is 10.2 Å². The summed E-state index contributed by atoms with van der Waals surface area (Å²) >= 11 is 14.1. The summed E-state index contributed by atoms with van der Waals surface area (Å²) in [6.07, 6.45) is 0. The van der Waals surface area contributed by atoms with Gasteiger partial charge in [0.25, 0.3) is 5.91 Å². The van der Waals surface area contributed by atoms with Crippen molar-refractivity contribution in [3.63, 3.8) is 0 Å². The van der Waals surface area contributed by atoms with Crippen molar-refractivity contribution in [2.24, 2.45) is 0 Å². The highest BCUT2D eigenvalue weighted by Crippen LogP contribution is 2.40. The topological polar surface area (TPSA) is 60.5 Å². The van der Waals surface area contributed by atoms with Gasteiger partial charge >= 0.3 is 0 Å². The Morgan fingerprint density at radius 1 is 1.07 bits per heavy atom. The van der Waals surface area contributed by atoms with Gasteiger partial charge in [-0.2, -0.15) is 0 Å². The van der Waals surface area contributed by atoms with Crippen LogP contribution in [0.1, 0.15) is 0 Å². The van der Waals surface area contributed by atoms with Gasteiger partial charge < -0.3 is 14.8 Å². The van der Waals surface area contributed by atoms with E-state index in [9.17, 15) is 4.79 Å². The lowest BCUT2D eigenvalue weighted by Crippen LogP contribution is -2.20. The molecule has 0 atom stereocenters. The molecule has 1 N–H and O–H groups in total. The van der Waals surface area contributed by atoms with Gasteiger partial charge in [0.1, 0.15) is 16.5 Å². The highest BCUT2D eigenvalue weighted by Gasteiger charge is 2.17. The number of thiazole rings is 1. The van der Waals surface area contributed by atoms with Gasteiger partial charge in [-0.15, -0.1) is 11.3 Å². The molecule has 1 aromatic heterocycles. The second kappa shape index (κ2) is 8.92. The highest BCUT2D eigenvalue weighted by molar-refractivity contribution is 7.21. The number of aromatic nitrogens is 1. The van der Waals surface area contributed by atoms with Crippen molar-refractivity contribution >= 4 is 56.3 Å². The predicted octanol–water partition coefficient (Wildman–Crippen LogP) is 6.30. The number of nitrogens with one attached hydrogen (secondary N) is 1. The van der Waals surface area contributed by atoms with Gasteiger partial charge in [-0.1, -0.05) is 35.3 Å². The molecule has 3 aromatic carbocycles. The van der Waals surface area contributed by atoms with E-state index in [-0.39, 0.29) is 12.5 Å². The van der Waals surface area contributed by atoms with Crippen LogP contribution in [-0.4, -0.2) is 24.6 Å². The number of anilines is 1. The third-order valence-corrected chi connectivity index (χ3v) is 5.86. The molecule has 0 aliphatic rings. The Morgan fingerprint density at radius 3 is 2.53 bits per heavy atom. The molecule has 0 saturated carbocycles. The highest BCUT2D eigenvalue weighted by atomic mass is 35.5. The molecule has 0 unspecified atom stereocenters. The van der Waals surface area contributed by atoms with E-state index < -0.39 is 0 Å². The van der Waals surface area contributed by atoms with Crippen LogP contribution in [0.4, 0.5) is 5.69 Å². The molecular weight excluding hydrogens is 443 g/mol. The van der Waals surface area contributed by atoms with Crippen LogP contribution >= 0.6 is 34.5 Å². The number of carbonyl (C=O) groups is 1. The molecule has 0 saturated heterocycles. The van der Waals surface area contributed by atoms with E-state index in [2.05, 4.69) is 10.3 Å². The van der Waals surface area contributed by atoms with Gasteiger partial charge in [0, 0.05) is 10.6 Å². The van der Waals surface area contributed by atoms with E-state index in [4.69, 9.17) is 32.7 Å². The summed E-state index contributed by atoms with van der Waals surface area (Å²) in [5.74, 6) is 0.914. The van der Waals surface area contributed by atoms with Crippen LogP contribution in [0.15, 0.2) is 60.7 Å².